The molecule has 0 fully saturated rings. The van der Waals surface area contributed by atoms with Crippen molar-refractivity contribution >= 4 is 69.9 Å². The molecule has 0 aliphatic rings. The highest BCUT2D eigenvalue weighted by Gasteiger charge is 2.21. The smallest absolute Gasteiger partial charge is 0.191 e. The van der Waals surface area contributed by atoms with Crippen molar-refractivity contribution in [3.63, 3.8) is 0 Å². The predicted octanol–water partition coefficient (Wildman–Crippen LogP) is 8.75. The summed E-state index contributed by atoms with van der Waals surface area (Å²) in [5.74, 6) is 0.789. The molecule has 6 heteroatoms. The predicted molar refractivity (Wildman–Crippen MR) is 159 cm³/mol. The van der Waals surface area contributed by atoms with Crippen molar-refractivity contribution in [2.24, 2.45) is 0 Å². The van der Waals surface area contributed by atoms with Crippen LogP contribution in [0.1, 0.15) is 20.9 Å². The van der Waals surface area contributed by atoms with Gasteiger partial charge in [0.1, 0.15) is 0 Å². The van der Waals surface area contributed by atoms with Crippen LogP contribution in [0.2, 0.25) is 0 Å². The normalized spacial score (nSPS) is 11.2. The first-order chi connectivity index (χ1) is 17.7. The zero-order valence-electron chi connectivity index (χ0n) is 19.4. The number of allylic oxidation sites excluding steroid dienone is 3. The summed E-state index contributed by atoms with van der Waals surface area (Å²) in [7, 11) is 0. The van der Waals surface area contributed by atoms with E-state index < -0.39 is 0 Å². The van der Waals surface area contributed by atoms with E-state index in [9.17, 15) is 9.59 Å². The summed E-state index contributed by atoms with van der Waals surface area (Å²) < 4.78 is 0.740. The Morgan fingerprint density at radius 2 is 1.06 bits per heavy atom. The highest BCUT2D eigenvalue weighted by molar-refractivity contribution is 8.21. The molecule has 4 rings (SSSR count). The zero-order valence-corrected chi connectivity index (χ0v) is 22.7. The Hall–Kier alpha value is -2.90. The molecule has 0 atom stereocenters. The summed E-state index contributed by atoms with van der Waals surface area (Å²) in [4.78, 5) is 28.9. The van der Waals surface area contributed by atoms with Crippen LogP contribution in [0.25, 0.3) is 12.2 Å². The molecule has 2 nitrogen and oxygen atoms in total. The molecule has 0 aliphatic carbocycles. The number of carbonyl (C=O) groups excluding carboxylic acids is 2. The summed E-state index contributed by atoms with van der Waals surface area (Å²) in [5.41, 5.74) is 2.50. The average molecular weight is 545 g/mol. The van der Waals surface area contributed by atoms with E-state index in [1.165, 1.54) is 12.2 Å². The maximum Gasteiger partial charge on any atom is 0.191 e. The van der Waals surface area contributed by atoms with Crippen LogP contribution >= 0.6 is 46.2 Å². The maximum absolute atomic E-state index is 13.5. The van der Waals surface area contributed by atoms with Gasteiger partial charge in [-0.25, -0.2) is 0 Å². The van der Waals surface area contributed by atoms with E-state index in [1.807, 2.05) is 71.4 Å². The van der Waals surface area contributed by atoms with Crippen LogP contribution < -0.4 is 0 Å². The molecule has 0 saturated heterocycles. The second kappa shape index (κ2) is 14.0. The van der Waals surface area contributed by atoms with E-state index >= 15 is 0 Å². The monoisotopic (exact) mass is 544 g/mol. The number of ketones is 2. The lowest BCUT2D eigenvalue weighted by Crippen LogP contribution is -2.11. The fourth-order valence-electron chi connectivity index (χ4n) is 3.21. The molecule has 0 radical (unpaired) electrons. The van der Waals surface area contributed by atoms with E-state index in [4.69, 9.17) is 0 Å². The minimum absolute atomic E-state index is 0.220. The van der Waals surface area contributed by atoms with Crippen molar-refractivity contribution in [3.05, 3.63) is 139 Å². The average Bonchev–Trinajstić information content (AvgIpc) is 3.63. The van der Waals surface area contributed by atoms with E-state index in [2.05, 4.69) is 24.3 Å². The molecule has 2 heterocycles. The maximum atomic E-state index is 13.5. The molecule has 0 amide bonds. The van der Waals surface area contributed by atoms with Gasteiger partial charge in [0.25, 0.3) is 0 Å². The van der Waals surface area contributed by atoms with Crippen LogP contribution in [0.5, 0.6) is 0 Å². The van der Waals surface area contributed by atoms with Crippen molar-refractivity contribution in [1.29, 1.82) is 0 Å². The van der Waals surface area contributed by atoms with Gasteiger partial charge in [0.05, 0.1) is 9.81 Å². The van der Waals surface area contributed by atoms with Crippen LogP contribution in [-0.2, 0) is 21.1 Å². The number of hydrogen-bond acceptors (Lipinski definition) is 6. The molecule has 2 aromatic carbocycles. The van der Waals surface area contributed by atoms with Gasteiger partial charge >= 0.3 is 0 Å². The van der Waals surface area contributed by atoms with Crippen molar-refractivity contribution in [2.75, 3.05) is 0 Å². The summed E-state index contributed by atoms with van der Waals surface area (Å²) in [6.07, 6.45) is 6.60. The molecule has 0 N–H and O–H groups in total. The SMILES string of the molecule is O=C(/C=C/c1cccs1)C(C(=O)/C=C/c1cccs1)=C(SCc1ccccc1)SCc1ccccc1. The molecule has 0 unspecified atom stereocenters. The Kier molecular flexibility index (Phi) is 10.2. The van der Waals surface area contributed by atoms with E-state index in [0.717, 1.165) is 25.1 Å². The highest BCUT2D eigenvalue weighted by atomic mass is 32.2. The largest absolute Gasteiger partial charge is 0.289 e. The van der Waals surface area contributed by atoms with E-state index in [-0.39, 0.29) is 17.1 Å². The van der Waals surface area contributed by atoms with Crippen molar-refractivity contribution in [3.8, 4) is 0 Å². The van der Waals surface area contributed by atoms with Crippen LogP contribution in [0.3, 0.4) is 0 Å². The number of benzene rings is 2. The van der Waals surface area contributed by atoms with Gasteiger partial charge in [-0.05, 0) is 58.3 Å². The second-order valence-corrected chi connectivity index (χ2v) is 11.8. The first-order valence-electron chi connectivity index (χ1n) is 11.3. The summed E-state index contributed by atoms with van der Waals surface area (Å²) in [6, 6.07) is 28.0. The van der Waals surface area contributed by atoms with Gasteiger partial charge in [0.15, 0.2) is 11.6 Å². The van der Waals surface area contributed by atoms with Gasteiger partial charge in [-0.2, -0.15) is 0 Å². The molecule has 180 valence electrons. The molecule has 0 spiro atoms. The Morgan fingerprint density at radius 1 is 0.611 bits per heavy atom. The van der Waals surface area contributed by atoms with Crippen molar-refractivity contribution in [2.45, 2.75) is 11.5 Å². The van der Waals surface area contributed by atoms with Gasteiger partial charge in [-0.15, -0.1) is 46.2 Å². The molecular formula is C30H24O2S4. The van der Waals surface area contributed by atoms with Gasteiger partial charge < -0.3 is 0 Å². The Balaban J connectivity index is 1.68. The first-order valence-corrected chi connectivity index (χ1v) is 15.0. The van der Waals surface area contributed by atoms with Crippen molar-refractivity contribution < 1.29 is 9.59 Å². The van der Waals surface area contributed by atoms with Gasteiger partial charge in [0.2, 0.25) is 0 Å². The number of thioether (sulfide) groups is 2. The molecule has 0 bridgehead atoms. The van der Waals surface area contributed by atoms with Gasteiger partial charge in [-0.3, -0.25) is 9.59 Å². The molecule has 4 aromatic rings. The minimum atomic E-state index is -0.277. The van der Waals surface area contributed by atoms with Crippen LogP contribution in [0.4, 0.5) is 0 Å². The van der Waals surface area contributed by atoms with E-state index in [1.54, 1.807) is 58.3 Å². The highest BCUT2D eigenvalue weighted by Crippen LogP contribution is 2.37. The Labute approximate surface area is 228 Å². The molecule has 0 aliphatic heterocycles. The standard InChI is InChI=1S/C30H24O2S4/c31-27(17-15-25-13-7-19-33-25)29(28(32)18-16-26-14-8-20-34-26)30(35-21-23-9-3-1-4-10-23)36-22-24-11-5-2-6-12-24/h1-20H,21-22H2/b17-15+,18-16+. The third kappa shape index (κ3) is 8.07. The number of carbonyl (C=O) groups is 2. The first kappa shape index (κ1) is 26.2. The lowest BCUT2D eigenvalue weighted by atomic mass is 10.1. The Morgan fingerprint density at radius 3 is 1.44 bits per heavy atom. The molecule has 36 heavy (non-hydrogen) atoms. The van der Waals surface area contributed by atoms with Crippen molar-refractivity contribution in [1.82, 2.24) is 0 Å². The summed E-state index contributed by atoms with van der Waals surface area (Å²) in [6.45, 7) is 0. The van der Waals surface area contributed by atoms with Crippen LogP contribution in [0, 0.1) is 0 Å². The Bertz CT molecular complexity index is 1230. The lowest BCUT2D eigenvalue weighted by Gasteiger charge is -2.12. The zero-order chi connectivity index (χ0) is 25.0. The molecular weight excluding hydrogens is 521 g/mol. The second-order valence-electron chi connectivity index (χ2n) is 7.64. The van der Waals surface area contributed by atoms with E-state index in [0.29, 0.717) is 11.5 Å². The summed E-state index contributed by atoms with van der Waals surface area (Å²) >= 11 is 6.20. The number of hydrogen-bond donors (Lipinski definition) is 0. The van der Waals surface area contributed by atoms with Crippen LogP contribution in [0.15, 0.2) is 118 Å². The molecule has 2 aromatic heterocycles. The van der Waals surface area contributed by atoms with Gasteiger partial charge in [0, 0.05) is 21.3 Å². The fraction of sp³-hybridized carbons (Fsp3) is 0.0667. The number of rotatable bonds is 12. The molecule has 0 saturated carbocycles. The summed E-state index contributed by atoms with van der Waals surface area (Å²) in [5, 5.41) is 3.93. The minimum Gasteiger partial charge on any atom is -0.289 e. The third-order valence-corrected chi connectivity index (χ3v) is 9.28. The quantitative estimate of drug-likeness (QED) is 0.101. The number of thiophene rings is 2. The van der Waals surface area contributed by atoms with Crippen LogP contribution in [-0.4, -0.2) is 11.6 Å². The third-order valence-electron chi connectivity index (χ3n) is 5.01. The fourth-order valence-corrected chi connectivity index (χ4v) is 6.80. The van der Waals surface area contributed by atoms with Gasteiger partial charge in [-0.1, -0.05) is 72.8 Å². The lowest BCUT2D eigenvalue weighted by molar-refractivity contribution is -0.116. The topological polar surface area (TPSA) is 34.1 Å².